The van der Waals surface area contributed by atoms with Gasteiger partial charge in [0.05, 0.1) is 7.11 Å². The van der Waals surface area contributed by atoms with Crippen LogP contribution < -0.4 is 15.0 Å². The molecule has 0 aromatic carbocycles. The molecule has 1 amide bonds. The molecule has 144 valence electrons. The molecule has 0 bridgehead atoms. The number of nitrogens with zero attached hydrogens (tertiary/aromatic N) is 6. The van der Waals surface area contributed by atoms with Crippen LogP contribution in [-0.4, -0.2) is 71.1 Å². The van der Waals surface area contributed by atoms with Crippen molar-refractivity contribution >= 4 is 17.5 Å². The van der Waals surface area contributed by atoms with Crippen molar-refractivity contribution in [3.8, 4) is 6.01 Å². The van der Waals surface area contributed by atoms with Crippen LogP contribution in [0.4, 0.5) is 11.6 Å². The van der Waals surface area contributed by atoms with E-state index in [0.717, 1.165) is 42.4 Å². The number of ether oxygens (including phenoxy) is 1. The molecular weight excluding hydrogens is 346 g/mol. The third-order valence-corrected chi connectivity index (χ3v) is 4.62. The molecule has 1 aliphatic heterocycles. The first-order valence-electron chi connectivity index (χ1n) is 8.84. The number of carbonyl (C=O) groups is 1. The molecule has 3 rings (SSSR count). The number of aryl methyl sites for hydroxylation is 1. The lowest BCUT2D eigenvalue weighted by Crippen LogP contribution is -2.30. The van der Waals surface area contributed by atoms with Crippen molar-refractivity contribution in [2.75, 3.05) is 44.5 Å². The number of methoxy groups -OCH3 is 1. The molecule has 2 aromatic heterocycles. The molecule has 0 unspecified atom stereocenters. The van der Waals surface area contributed by atoms with Crippen molar-refractivity contribution in [2.45, 2.75) is 26.3 Å². The number of hydrogen-bond donors (Lipinski definition) is 1. The van der Waals surface area contributed by atoms with E-state index in [9.17, 15) is 4.79 Å². The quantitative estimate of drug-likeness (QED) is 0.840. The predicted molar refractivity (Wildman–Crippen MR) is 102 cm³/mol. The lowest BCUT2D eigenvalue weighted by molar-refractivity contribution is 0.0815. The summed E-state index contributed by atoms with van der Waals surface area (Å²) in [5, 5.41) is 3.41. The molecule has 1 N–H and O–H groups in total. The number of hydrogen-bond acceptors (Lipinski definition) is 8. The van der Waals surface area contributed by atoms with Gasteiger partial charge in [-0.1, -0.05) is 0 Å². The van der Waals surface area contributed by atoms with Crippen LogP contribution in [-0.2, 0) is 0 Å². The van der Waals surface area contributed by atoms with Gasteiger partial charge in [-0.05, 0) is 26.3 Å². The zero-order valence-corrected chi connectivity index (χ0v) is 16.4. The summed E-state index contributed by atoms with van der Waals surface area (Å²) in [6.45, 7) is 5.50. The molecule has 0 radical (unpaired) electrons. The summed E-state index contributed by atoms with van der Waals surface area (Å²) in [6, 6.07) is 2.37. The average Bonchev–Trinajstić information content (AvgIpc) is 3.11. The second-order valence-corrected chi connectivity index (χ2v) is 6.79. The summed E-state index contributed by atoms with van der Waals surface area (Å²) in [5.41, 5.74) is 1.82. The Bertz CT molecular complexity index is 840. The third kappa shape index (κ3) is 4.07. The molecule has 9 heteroatoms. The lowest BCUT2D eigenvalue weighted by atomic mass is 10.2. The van der Waals surface area contributed by atoms with E-state index in [0.29, 0.717) is 6.01 Å². The number of nitrogens with one attached hydrogen (secondary N) is 1. The monoisotopic (exact) mass is 371 g/mol. The molecule has 2 aromatic rings. The molecule has 1 aliphatic rings. The fourth-order valence-corrected chi connectivity index (χ4v) is 3.02. The van der Waals surface area contributed by atoms with Crippen LogP contribution >= 0.6 is 0 Å². The first-order valence-corrected chi connectivity index (χ1v) is 8.84. The highest BCUT2D eigenvalue weighted by Crippen LogP contribution is 2.25. The second-order valence-electron chi connectivity index (χ2n) is 6.79. The van der Waals surface area contributed by atoms with Crippen molar-refractivity contribution in [1.82, 2.24) is 24.8 Å². The minimum Gasteiger partial charge on any atom is -0.467 e. The van der Waals surface area contributed by atoms with Gasteiger partial charge in [0.25, 0.3) is 5.91 Å². The number of amides is 1. The average molecular weight is 371 g/mol. The molecule has 1 saturated heterocycles. The van der Waals surface area contributed by atoms with Crippen LogP contribution in [0.25, 0.3) is 0 Å². The molecular formula is C18H25N7O2. The molecule has 0 spiro atoms. The number of aromatic nitrogens is 4. The molecule has 1 atom stereocenters. The van der Waals surface area contributed by atoms with Crippen LogP contribution in [0.3, 0.4) is 0 Å². The Labute approximate surface area is 158 Å². The Balaban J connectivity index is 1.77. The van der Waals surface area contributed by atoms with Crippen molar-refractivity contribution in [3.63, 3.8) is 0 Å². The molecule has 1 fully saturated rings. The van der Waals surface area contributed by atoms with E-state index < -0.39 is 0 Å². The fourth-order valence-electron chi connectivity index (χ4n) is 3.02. The van der Waals surface area contributed by atoms with Crippen molar-refractivity contribution < 1.29 is 9.53 Å². The van der Waals surface area contributed by atoms with Gasteiger partial charge in [0.15, 0.2) is 0 Å². The Hall–Kier alpha value is -2.97. The van der Waals surface area contributed by atoms with Gasteiger partial charge in [-0.15, -0.1) is 0 Å². The lowest BCUT2D eigenvalue weighted by Gasteiger charge is -2.22. The number of anilines is 2. The van der Waals surface area contributed by atoms with Gasteiger partial charge < -0.3 is 19.9 Å². The minimum atomic E-state index is -0.193. The maximum absolute atomic E-state index is 12.3. The van der Waals surface area contributed by atoms with Gasteiger partial charge in [-0.2, -0.15) is 4.98 Å². The third-order valence-electron chi connectivity index (χ3n) is 4.62. The Kier molecular flexibility index (Phi) is 5.38. The van der Waals surface area contributed by atoms with Gasteiger partial charge in [-0.3, -0.25) is 4.79 Å². The summed E-state index contributed by atoms with van der Waals surface area (Å²) < 4.78 is 5.07. The van der Waals surface area contributed by atoms with E-state index in [1.54, 1.807) is 27.4 Å². The van der Waals surface area contributed by atoms with E-state index in [1.165, 1.54) is 4.90 Å². The van der Waals surface area contributed by atoms with E-state index >= 15 is 0 Å². The van der Waals surface area contributed by atoms with Crippen molar-refractivity contribution in [3.05, 3.63) is 29.3 Å². The standard InChI is InChI=1S/C18H25N7O2/c1-11-12(2)20-15(17(26)24(3)4)23-16(11)25-9-7-13(10-25)21-14-6-8-19-18(22-14)27-5/h6,8,13H,7,9-10H2,1-5H3,(H,19,21,22)/t13-/m1/s1. The highest BCUT2D eigenvalue weighted by molar-refractivity contribution is 5.90. The van der Waals surface area contributed by atoms with Crippen LogP contribution in [0, 0.1) is 13.8 Å². The second kappa shape index (κ2) is 7.73. The van der Waals surface area contributed by atoms with Crippen molar-refractivity contribution in [1.29, 1.82) is 0 Å². The summed E-state index contributed by atoms with van der Waals surface area (Å²) in [6.07, 6.45) is 2.60. The van der Waals surface area contributed by atoms with Gasteiger partial charge in [0.2, 0.25) is 5.82 Å². The Morgan fingerprint density at radius 2 is 2.07 bits per heavy atom. The largest absolute Gasteiger partial charge is 0.467 e. The zero-order valence-electron chi connectivity index (χ0n) is 16.4. The molecule has 3 heterocycles. The SMILES string of the molecule is COc1nccc(N[C@@H]2CCN(c3nc(C(=O)N(C)C)nc(C)c3C)C2)n1. The van der Waals surface area contributed by atoms with Gasteiger partial charge in [-0.25, -0.2) is 15.0 Å². The molecule has 27 heavy (non-hydrogen) atoms. The number of rotatable bonds is 5. The maximum Gasteiger partial charge on any atom is 0.318 e. The maximum atomic E-state index is 12.3. The summed E-state index contributed by atoms with van der Waals surface area (Å²) >= 11 is 0. The molecule has 0 aliphatic carbocycles. The van der Waals surface area contributed by atoms with E-state index in [4.69, 9.17) is 4.74 Å². The Morgan fingerprint density at radius 1 is 1.30 bits per heavy atom. The first kappa shape index (κ1) is 18.8. The Morgan fingerprint density at radius 3 is 2.78 bits per heavy atom. The topological polar surface area (TPSA) is 96.4 Å². The van der Waals surface area contributed by atoms with Crippen LogP contribution in [0.15, 0.2) is 12.3 Å². The summed E-state index contributed by atoms with van der Waals surface area (Å²) in [7, 11) is 4.95. The van der Waals surface area contributed by atoms with E-state index in [-0.39, 0.29) is 17.8 Å². The highest BCUT2D eigenvalue weighted by Gasteiger charge is 2.27. The summed E-state index contributed by atoms with van der Waals surface area (Å²) in [4.78, 5) is 33.2. The summed E-state index contributed by atoms with van der Waals surface area (Å²) in [5.74, 6) is 1.58. The molecule has 9 nitrogen and oxygen atoms in total. The van der Waals surface area contributed by atoms with Crippen LogP contribution in [0.2, 0.25) is 0 Å². The smallest absolute Gasteiger partial charge is 0.318 e. The normalized spacial score (nSPS) is 16.3. The van der Waals surface area contributed by atoms with Gasteiger partial charge >= 0.3 is 6.01 Å². The van der Waals surface area contributed by atoms with E-state index in [1.807, 2.05) is 19.9 Å². The van der Waals surface area contributed by atoms with E-state index in [2.05, 4.69) is 30.2 Å². The highest BCUT2D eigenvalue weighted by atomic mass is 16.5. The molecule has 0 saturated carbocycles. The fraction of sp³-hybridized carbons (Fsp3) is 0.500. The van der Waals surface area contributed by atoms with Gasteiger partial charge in [0, 0.05) is 50.7 Å². The van der Waals surface area contributed by atoms with Crippen LogP contribution in [0.5, 0.6) is 6.01 Å². The predicted octanol–water partition coefficient (Wildman–Crippen LogP) is 1.28. The zero-order chi connectivity index (χ0) is 19.6. The number of carbonyl (C=O) groups excluding carboxylic acids is 1. The minimum absolute atomic E-state index is 0.193. The first-order chi connectivity index (χ1) is 12.9. The van der Waals surface area contributed by atoms with Crippen molar-refractivity contribution in [2.24, 2.45) is 0 Å². The van der Waals surface area contributed by atoms with Gasteiger partial charge in [0.1, 0.15) is 11.6 Å². The van der Waals surface area contributed by atoms with Crippen LogP contribution in [0.1, 0.15) is 28.3 Å².